The van der Waals surface area contributed by atoms with Crippen molar-refractivity contribution in [2.45, 2.75) is 73.1 Å². The van der Waals surface area contributed by atoms with Crippen LogP contribution in [0.25, 0.3) is 0 Å². The topological polar surface area (TPSA) is 55.4 Å². The predicted octanol–water partition coefficient (Wildman–Crippen LogP) is 5.20. The molecule has 1 aromatic heterocycles. The van der Waals surface area contributed by atoms with E-state index in [1.807, 2.05) is 27.7 Å². The number of nitrogens with one attached hydrogen (secondary N) is 1. The van der Waals surface area contributed by atoms with Gasteiger partial charge in [-0.25, -0.2) is 4.79 Å². The van der Waals surface area contributed by atoms with Gasteiger partial charge in [-0.2, -0.15) is 0 Å². The second-order valence-corrected chi connectivity index (χ2v) is 9.22. The molecular formula is C20H31NO3S. The van der Waals surface area contributed by atoms with Gasteiger partial charge in [-0.1, -0.05) is 40.5 Å². The van der Waals surface area contributed by atoms with Gasteiger partial charge in [-0.15, -0.1) is 11.3 Å². The van der Waals surface area contributed by atoms with Crippen molar-refractivity contribution in [3.8, 4) is 0 Å². The molecule has 4 nitrogen and oxygen atoms in total. The molecule has 1 aliphatic rings. The molecule has 0 fully saturated rings. The van der Waals surface area contributed by atoms with E-state index in [2.05, 4.69) is 12.2 Å². The lowest BCUT2D eigenvalue weighted by molar-refractivity contribution is -0.117. The molecule has 1 atom stereocenters. The Labute approximate surface area is 155 Å². The Morgan fingerprint density at radius 2 is 2.00 bits per heavy atom. The predicted molar refractivity (Wildman–Crippen MR) is 103 cm³/mol. The van der Waals surface area contributed by atoms with Gasteiger partial charge in [0.1, 0.15) is 5.00 Å². The number of carbonyl (C=O) groups is 2. The van der Waals surface area contributed by atoms with E-state index in [0.29, 0.717) is 29.5 Å². The lowest BCUT2D eigenvalue weighted by Crippen LogP contribution is -2.21. The van der Waals surface area contributed by atoms with Crippen LogP contribution in [0.3, 0.4) is 0 Å². The van der Waals surface area contributed by atoms with Crippen molar-refractivity contribution in [1.29, 1.82) is 0 Å². The highest BCUT2D eigenvalue weighted by Gasteiger charge is 2.30. The first-order valence-electron chi connectivity index (χ1n) is 9.36. The van der Waals surface area contributed by atoms with Crippen LogP contribution in [0.5, 0.6) is 0 Å². The van der Waals surface area contributed by atoms with E-state index in [0.717, 1.165) is 24.8 Å². The third kappa shape index (κ3) is 5.30. The minimum absolute atomic E-state index is 0.0400. The zero-order valence-corrected chi connectivity index (χ0v) is 17.0. The molecule has 0 unspecified atom stereocenters. The molecule has 0 aliphatic heterocycles. The van der Waals surface area contributed by atoms with Crippen LogP contribution in [0.15, 0.2) is 0 Å². The van der Waals surface area contributed by atoms with Crippen LogP contribution >= 0.6 is 11.3 Å². The zero-order valence-electron chi connectivity index (χ0n) is 16.2. The lowest BCUT2D eigenvalue weighted by Gasteiger charge is -2.22. The first kappa shape index (κ1) is 20.0. The molecule has 1 heterocycles. The van der Waals surface area contributed by atoms with Crippen LogP contribution < -0.4 is 5.32 Å². The van der Waals surface area contributed by atoms with Gasteiger partial charge in [0.15, 0.2) is 0 Å². The number of hydrogen-bond donors (Lipinski definition) is 1. The summed E-state index contributed by atoms with van der Waals surface area (Å²) in [6.45, 7) is 10.5. The summed E-state index contributed by atoms with van der Waals surface area (Å²) in [6.07, 6.45) is 5.86. The Morgan fingerprint density at radius 1 is 1.28 bits per heavy atom. The van der Waals surface area contributed by atoms with Crippen molar-refractivity contribution >= 4 is 28.2 Å². The summed E-state index contributed by atoms with van der Waals surface area (Å²) in [5, 5.41) is 3.66. The standard InChI is InChI=1S/C20H31NO3S/c1-6-8-13-9-10-14-15(11-13)25-18(17(14)19(23)24-7-2)21-16(22)12-20(3,4)5/h13H,6-12H2,1-5H3,(H,21,22)/t13-/m0/s1. The number of fused-ring (bicyclic) bond motifs is 1. The maximum Gasteiger partial charge on any atom is 0.341 e. The maximum atomic E-state index is 12.5. The van der Waals surface area contributed by atoms with Gasteiger partial charge in [-0.05, 0) is 43.1 Å². The largest absolute Gasteiger partial charge is 0.462 e. The highest BCUT2D eigenvalue weighted by Crippen LogP contribution is 2.41. The number of ether oxygens (including phenoxy) is 1. The molecule has 0 radical (unpaired) electrons. The molecule has 0 saturated carbocycles. The van der Waals surface area contributed by atoms with Crippen LogP contribution in [0, 0.1) is 11.3 Å². The molecule has 1 N–H and O–H groups in total. The summed E-state index contributed by atoms with van der Waals surface area (Å²) in [4.78, 5) is 26.1. The molecule has 1 aromatic rings. The maximum absolute atomic E-state index is 12.5. The molecule has 0 bridgehead atoms. The molecule has 5 heteroatoms. The van der Waals surface area contributed by atoms with Crippen molar-refractivity contribution in [2.24, 2.45) is 11.3 Å². The summed E-state index contributed by atoms with van der Waals surface area (Å²) in [5.41, 5.74) is 1.61. The molecular weight excluding hydrogens is 334 g/mol. The number of thiophene rings is 1. The van der Waals surface area contributed by atoms with E-state index >= 15 is 0 Å². The van der Waals surface area contributed by atoms with Gasteiger partial charge in [0, 0.05) is 11.3 Å². The number of anilines is 1. The monoisotopic (exact) mass is 365 g/mol. The van der Waals surface area contributed by atoms with Gasteiger partial charge in [0.25, 0.3) is 0 Å². The van der Waals surface area contributed by atoms with Crippen LogP contribution in [-0.4, -0.2) is 18.5 Å². The molecule has 1 amide bonds. The quantitative estimate of drug-likeness (QED) is 0.705. The van der Waals surface area contributed by atoms with E-state index in [4.69, 9.17) is 4.74 Å². The summed E-state index contributed by atoms with van der Waals surface area (Å²) in [6, 6.07) is 0. The van der Waals surface area contributed by atoms with Crippen LogP contribution in [0.2, 0.25) is 0 Å². The van der Waals surface area contributed by atoms with E-state index < -0.39 is 0 Å². The SMILES string of the molecule is CCC[C@H]1CCc2c(sc(NC(=O)CC(C)(C)C)c2C(=O)OCC)C1. The molecule has 25 heavy (non-hydrogen) atoms. The lowest BCUT2D eigenvalue weighted by atomic mass is 9.84. The first-order valence-corrected chi connectivity index (χ1v) is 10.2. The summed E-state index contributed by atoms with van der Waals surface area (Å²) >= 11 is 1.57. The van der Waals surface area contributed by atoms with Gasteiger partial charge < -0.3 is 10.1 Å². The smallest absolute Gasteiger partial charge is 0.341 e. The number of carbonyl (C=O) groups excluding carboxylic acids is 2. The second kappa shape index (κ2) is 8.35. The highest BCUT2D eigenvalue weighted by atomic mass is 32.1. The minimum atomic E-state index is -0.306. The van der Waals surface area contributed by atoms with E-state index in [1.54, 1.807) is 11.3 Å². The van der Waals surface area contributed by atoms with Crippen LogP contribution in [-0.2, 0) is 22.4 Å². The molecule has 1 aliphatic carbocycles. The average molecular weight is 366 g/mol. The van der Waals surface area contributed by atoms with E-state index in [1.165, 1.54) is 17.7 Å². The first-order chi connectivity index (χ1) is 11.7. The van der Waals surface area contributed by atoms with Gasteiger partial charge in [-0.3, -0.25) is 4.79 Å². The van der Waals surface area contributed by atoms with E-state index in [-0.39, 0.29) is 17.3 Å². The minimum Gasteiger partial charge on any atom is -0.462 e. The van der Waals surface area contributed by atoms with Crippen molar-refractivity contribution in [1.82, 2.24) is 0 Å². The summed E-state index contributed by atoms with van der Waals surface area (Å²) in [7, 11) is 0. The van der Waals surface area contributed by atoms with Crippen molar-refractivity contribution in [3.63, 3.8) is 0 Å². The average Bonchev–Trinajstić information content (AvgIpc) is 2.82. The van der Waals surface area contributed by atoms with Gasteiger partial charge >= 0.3 is 5.97 Å². The van der Waals surface area contributed by atoms with Crippen LogP contribution in [0.4, 0.5) is 5.00 Å². The van der Waals surface area contributed by atoms with Crippen molar-refractivity contribution < 1.29 is 14.3 Å². The molecule has 0 saturated heterocycles. The molecule has 0 aromatic carbocycles. The second-order valence-electron chi connectivity index (χ2n) is 8.11. The number of amides is 1. The fraction of sp³-hybridized carbons (Fsp3) is 0.700. The van der Waals surface area contributed by atoms with Crippen molar-refractivity contribution in [2.75, 3.05) is 11.9 Å². The van der Waals surface area contributed by atoms with E-state index in [9.17, 15) is 9.59 Å². The number of hydrogen-bond acceptors (Lipinski definition) is 4. The Balaban J connectivity index is 2.28. The summed E-state index contributed by atoms with van der Waals surface area (Å²) < 4.78 is 5.27. The normalized spacial score (nSPS) is 17.1. The van der Waals surface area contributed by atoms with Gasteiger partial charge in [0.05, 0.1) is 12.2 Å². The zero-order chi connectivity index (χ0) is 18.6. The third-order valence-electron chi connectivity index (χ3n) is 4.49. The van der Waals surface area contributed by atoms with Gasteiger partial charge in [0.2, 0.25) is 5.91 Å². The fourth-order valence-corrected chi connectivity index (χ4v) is 4.83. The molecule has 2 rings (SSSR count). The number of rotatable bonds is 6. The third-order valence-corrected chi connectivity index (χ3v) is 5.66. The Morgan fingerprint density at radius 3 is 2.60 bits per heavy atom. The fourth-order valence-electron chi connectivity index (χ4n) is 3.47. The number of esters is 1. The molecule has 0 spiro atoms. The summed E-state index contributed by atoms with van der Waals surface area (Å²) in [5.74, 6) is 0.339. The van der Waals surface area contributed by atoms with Crippen LogP contribution in [0.1, 0.15) is 81.1 Å². The Kier molecular flexibility index (Phi) is 6.66. The van der Waals surface area contributed by atoms with Crippen molar-refractivity contribution in [3.05, 3.63) is 16.0 Å². The Hall–Kier alpha value is -1.36. The molecule has 140 valence electrons. The Bertz CT molecular complexity index is 628. The highest BCUT2D eigenvalue weighted by molar-refractivity contribution is 7.17.